The van der Waals surface area contributed by atoms with E-state index in [0.717, 1.165) is 25.9 Å². The highest BCUT2D eigenvalue weighted by molar-refractivity contribution is 5.85. The van der Waals surface area contributed by atoms with E-state index < -0.39 is 24.3 Å². The molecule has 0 spiro atoms. The van der Waals surface area contributed by atoms with E-state index >= 15 is 0 Å². The first kappa shape index (κ1) is 32.4. The summed E-state index contributed by atoms with van der Waals surface area (Å²) in [7, 11) is 0. The highest BCUT2D eigenvalue weighted by Gasteiger charge is 2.44. The number of hydrogen-bond donors (Lipinski definition) is 7. The Kier molecular flexibility index (Phi) is 8.75. The first-order valence-electron chi connectivity index (χ1n) is 17.7. The molecule has 4 aliphatic rings. The van der Waals surface area contributed by atoms with Gasteiger partial charge in [-0.25, -0.2) is 9.78 Å². The van der Waals surface area contributed by atoms with Gasteiger partial charge in [-0.2, -0.15) is 9.97 Å². The Hall–Kier alpha value is -4.79. The van der Waals surface area contributed by atoms with Crippen molar-refractivity contribution in [2.75, 3.05) is 42.9 Å². The van der Waals surface area contributed by atoms with Crippen LogP contribution in [0.25, 0.3) is 22.3 Å². The fourth-order valence-electron chi connectivity index (χ4n) is 8.08. The summed E-state index contributed by atoms with van der Waals surface area (Å²) in [4.78, 5) is 41.7. The summed E-state index contributed by atoms with van der Waals surface area (Å²) in [6.07, 6.45) is 1.62. The van der Waals surface area contributed by atoms with Gasteiger partial charge in [-0.3, -0.25) is 4.79 Å². The van der Waals surface area contributed by atoms with Crippen LogP contribution in [-0.4, -0.2) is 105 Å². The number of benzene rings is 2. The van der Waals surface area contributed by atoms with Crippen LogP contribution in [0.2, 0.25) is 0 Å². The Labute approximate surface area is 290 Å². The first-order valence-corrected chi connectivity index (χ1v) is 17.7. The van der Waals surface area contributed by atoms with Crippen molar-refractivity contribution in [3.63, 3.8) is 0 Å². The van der Waals surface area contributed by atoms with Gasteiger partial charge in [-0.15, -0.1) is 0 Å². The Balaban J connectivity index is 1.09. The van der Waals surface area contributed by atoms with Crippen molar-refractivity contribution < 1.29 is 19.8 Å². The number of carbonyl (C=O) groups is 2. The molecular formula is C36H44N10O4. The van der Waals surface area contributed by atoms with Gasteiger partial charge in [0.25, 0.3) is 0 Å². The van der Waals surface area contributed by atoms with Crippen molar-refractivity contribution in [1.29, 1.82) is 0 Å². The van der Waals surface area contributed by atoms with Crippen molar-refractivity contribution in [3.05, 3.63) is 66.0 Å². The topological polar surface area (TPSA) is 182 Å². The number of urea groups is 1. The van der Waals surface area contributed by atoms with Crippen molar-refractivity contribution in [3.8, 4) is 11.1 Å². The van der Waals surface area contributed by atoms with E-state index in [4.69, 9.17) is 15.0 Å². The van der Waals surface area contributed by atoms with Gasteiger partial charge < -0.3 is 46.3 Å². The second-order valence-corrected chi connectivity index (χ2v) is 13.9. The van der Waals surface area contributed by atoms with E-state index in [9.17, 15) is 19.8 Å². The number of aromatic nitrogens is 4. The third-order valence-corrected chi connectivity index (χ3v) is 10.7. The number of hydrogen-bond acceptors (Lipinski definition) is 10. The molecule has 262 valence electrons. The zero-order valence-electron chi connectivity index (χ0n) is 28.0. The zero-order chi connectivity index (χ0) is 34.4. The maximum Gasteiger partial charge on any atom is 0.315 e. The standard InChI is InChI=1S/C36H44N10O4/c1-2-29(47)42-27-15-28(32(49)31(27)48)46-19-39-30-33(38-17-26-24-9-5-3-7-22(24)23-8-4-6-10-25(23)26)43-35(44-34(30)46)45-14-12-21(18-45)41-36(50)40-20-11-13-37-16-20/h3-10,19-21,26-28,31-32,37,48-49H,2,11-18H2,1H3,(H,42,47)(H,38,43,44)(H2,40,41,50)/t20-,21-,27+,28-,31-,32+/m1/s1. The van der Waals surface area contributed by atoms with Crippen LogP contribution in [0.15, 0.2) is 54.9 Å². The number of anilines is 2. The van der Waals surface area contributed by atoms with Crippen molar-refractivity contribution >= 4 is 34.9 Å². The number of aliphatic hydroxyl groups excluding tert-OH is 2. The highest BCUT2D eigenvalue weighted by Crippen LogP contribution is 2.44. The molecule has 2 aromatic carbocycles. The van der Waals surface area contributed by atoms with Crippen LogP contribution in [-0.2, 0) is 4.79 Å². The monoisotopic (exact) mass is 680 g/mol. The van der Waals surface area contributed by atoms with E-state index in [1.807, 2.05) is 0 Å². The van der Waals surface area contributed by atoms with E-state index in [1.165, 1.54) is 22.3 Å². The minimum atomic E-state index is -1.13. The minimum absolute atomic E-state index is 0.0776. The zero-order valence-corrected chi connectivity index (χ0v) is 28.0. The van der Waals surface area contributed by atoms with Crippen LogP contribution < -0.4 is 31.5 Å². The fraction of sp³-hybridized carbons (Fsp3) is 0.472. The lowest BCUT2D eigenvalue weighted by molar-refractivity contribution is -0.122. The molecule has 14 heteroatoms. The average molecular weight is 681 g/mol. The number of rotatable bonds is 9. The van der Waals surface area contributed by atoms with Crippen LogP contribution in [0.3, 0.4) is 0 Å². The van der Waals surface area contributed by atoms with E-state index in [0.29, 0.717) is 49.0 Å². The molecule has 2 aliphatic heterocycles. The van der Waals surface area contributed by atoms with Gasteiger partial charge in [0.05, 0.1) is 18.4 Å². The molecule has 0 unspecified atom stereocenters. The molecular weight excluding hydrogens is 636 g/mol. The molecule has 4 heterocycles. The Morgan fingerprint density at radius 2 is 1.68 bits per heavy atom. The number of carbonyl (C=O) groups excluding carboxylic acids is 2. The summed E-state index contributed by atoms with van der Waals surface area (Å²) in [6, 6.07) is 15.7. The molecule has 4 aromatic rings. The Morgan fingerprint density at radius 3 is 2.40 bits per heavy atom. The smallest absolute Gasteiger partial charge is 0.315 e. The number of aliphatic hydroxyl groups is 2. The van der Waals surface area contributed by atoms with Gasteiger partial charge in [0.15, 0.2) is 17.0 Å². The second-order valence-electron chi connectivity index (χ2n) is 13.9. The normalized spacial score (nSPS) is 25.9. The molecule has 2 aromatic heterocycles. The van der Waals surface area contributed by atoms with Crippen molar-refractivity contribution in [2.24, 2.45) is 0 Å². The van der Waals surface area contributed by atoms with Gasteiger partial charge in [0.1, 0.15) is 12.2 Å². The van der Waals surface area contributed by atoms with Crippen molar-refractivity contribution in [2.45, 2.75) is 74.9 Å². The fourth-order valence-corrected chi connectivity index (χ4v) is 8.08. The molecule has 2 aliphatic carbocycles. The minimum Gasteiger partial charge on any atom is -0.388 e. The van der Waals surface area contributed by atoms with Crippen LogP contribution in [0.4, 0.5) is 16.6 Å². The third-order valence-electron chi connectivity index (χ3n) is 10.7. The predicted molar refractivity (Wildman–Crippen MR) is 189 cm³/mol. The van der Waals surface area contributed by atoms with E-state index in [2.05, 4.69) is 80.0 Å². The van der Waals surface area contributed by atoms with Crippen LogP contribution >= 0.6 is 0 Å². The predicted octanol–water partition coefficient (Wildman–Crippen LogP) is 1.85. The highest BCUT2D eigenvalue weighted by atomic mass is 16.3. The van der Waals surface area contributed by atoms with Gasteiger partial charge >= 0.3 is 6.03 Å². The van der Waals surface area contributed by atoms with E-state index in [1.54, 1.807) is 17.8 Å². The molecule has 50 heavy (non-hydrogen) atoms. The Morgan fingerprint density at radius 1 is 0.940 bits per heavy atom. The van der Waals surface area contributed by atoms with Crippen LogP contribution in [0, 0.1) is 0 Å². The average Bonchev–Trinajstić information content (AvgIpc) is 3.97. The quantitative estimate of drug-likeness (QED) is 0.138. The Bertz CT molecular complexity index is 1850. The summed E-state index contributed by atoms with van der Waals surface area (Å²) in [5, 5.41) is 38.0. The number of imidazole rings is 1. The number of nitrogens with zero attached hydrogens (tertiary/aromatic N) is 5. The molecule has 1 saturated carbocycles. The molecule has 7 N–H and O–H groups in total. The third kappa shape index (κ3) is 6.01. The molecule has 6 atom stereocenters. The molecule has 0 radical (unpaired) electrons. The first-order chi connectivity index (χ1) is 24.4. The summed E-state index contributed by atoms with van der Waals surface area (Å²) >= 11 is 0. The van der Waals surface area contributed by atoms with Gasteiger partial charge in [0.2, 0.25) is 11.9 Å². The molecule has 3 fully saturated rings. The molecule has 2 saturated heterocycles. The number of amides is 3. The summed E-state index contributed by atoms with van der Waals surface area (Å²) in [6.45, 7) is 5.19. The van der Waals surface area contributed by atoms with Gasteiger partial charge in [-0.05, 0) is 48.1 Å². The largest absolute Gasteiger partial charge is 0.388 e. The SMILES string of the molecule is CCC(=O)N[C@H]1C[C@@H](n2cnc3c(NCC4c5ccccc5-c5ccccc54)nc(N4CC[C@@H](NC(=O)N[C@@H]5CCNC5)C4)nc32)[C@H](O)[C@@H]1O. The lowest BCUT2D eigenvalue weighted by Gasteiger charge is -2.21. The van der Waals surface area contributed by atoms with Gasteiger partial charge in [-0.1, -0.05) is 55.5 Å². The number of nitrogens with one attached hydrogen (secondary N) is 5. The molecule has 0 bridgehead atoms. The summed E-state index contributed by atoms with van der Waals surface area (Å²) in [5.74, 6) is 0.968. The summed E-state index contributed by atoms with van der Waals surface area (Å²) in [5.41, 5.74) is 6.03. The molecule has 8 rings (SSSR count). The van der Waals surface area contributed by atoms with Crippen molar-refractivity contribution in [1.82, 2.24) is 40.8 Å². The maximum atomic E-state index is 12.7. The second kappa shape index (κ2) is 13.5. The molecule has 14 nitrogen and oxygen atoms in total. The van der Waals surface area contributed by atoms with Crippen LogP contribution in [0.1, 0.15) is 55.7 Å². The lowest BCUT2D eigenvalue weighted by atomic mass is 9.97. The molecule has 3 amide bonds. The maximum absolute atomic E-state index is 12.7. The van der Waals surface area contributed by atoms with Gasteiger partial charge in [0, 0.05) is 50.6 Å². The van der Waals surface area contributed by atoms with E-state index in [-0.39, 0.29) is 36.4 Å². The number of fused-ring (bicyclic) bond motifs is 4. The summed E-state index contributed by atoms with van der Waals surface area (Å²) < 4.78 is 1.80. The lowest BCUT2D eigenvalue weighted by Crippen LogP contribution is -2.47. The van der Waals surface area contributed by atoms with Crippen LogP contribution in [0.5, 0.6) is 0 Å².